The summed E-state index contributed by atoms with van der Waals surface area (Å²) in [7, 11) is 0. The zero-order valence-corrected chi connectivity index (χ0v) is 16.2. The second-order valence-corrected chi connectivity index (χ2v) is 10.4. The van der Waals surface area contributed by atoms with E-state index >= 15 is 0 Å². The van der Waals surface area contributed by atoms with E-state index < -0.39 is 0 Å². The highest BCUT2D eigenvalue weighted by Gasteiger charge is 2.62. The van der Waals surface area contributed by atoms with Gasteiger partial charge in [0.1, 0.15) is 5.78 Å². The molecule has 3 heteroatoms. The van der Waals surface area contributed by atoms with Crippen molar-refractivity contribution in [2.45, 2.75) is 78.2 Å². The lowest BCUT2D eigenvalue weighted by Crippen LogP contribution is -2.58. The monoisotopic (exact) mass is 348 g/mol. The van der Waals surface area contributed by atoms with E-state index in [1.807, 2.05) is 0 Å². The minimum absolute atomic E-state index is 0.234. The molecular weight excluding hydrogens is 312 g/mol. The number of aliphatic hydroxyl groups is 2. The topological polar surface area (TPSA) is 57.5 Å². The number of fused-ring (bicyclic) bond motifs is 5. The van der Waals surface area contributed by atoms with Gasteiger partial charge in [0.05, 0.1) is 6.10 Å². The maximum atomic E-state index is 12.0. The van der Waals surface area contributed by atoms with Gasteiger partial charge in [-0.1, -0.05) is 20.8 Å². The lowest BCUT2D eigenvalue weighted by Gasteiger charge is -2.61. The average molecular weight is 349 g/mol. The summed E-state index contributed by atoms with van der Waals surface area (Å²) in [5, 5.41) is 20.9. The van der Waals surface area contributed by atoms with Crippen LogP contribution in [0.3, 0.4) is 0 Å². The third-order valence-corrected chi connectivity index (χ3v) is 9.55. The van der Waals surface area contributed by atoms with Gasteiger partial charge in [0, 0.05) is 19.4 Å². The van der Waals surface area contributed by atoms with Crippen LogP contribution in [0.25, 0.3) is 0 Å². The van der Waals surface area contributed by atoms with Crippen LogP contribution in [0.4, 0.5) is 0 Å². The molecule has 4 saturated carbocycles. The number of hydrogen-bond donors (Lipinski definition) is 2. The molecular formula is C22H36O3. The van der Waals surface area contributed by atoms with Gasteiger partial charge in [-0.3, -0.25) is 4.79 Å². The molecule has 0 aromatic carbocycles. The average Bonchev–Trinajstić information content (AvgIpc) is 2.93. The molecule has 0 spiro atoms. The largest absolute Gasteiger partial charge is 0.396 e. The summed E-state index contributed by atoms with van der Waals surface area (Å²) in [5.41, 5.74) is 0.526. The predicted molar refractivity (Wildman–Crippen MR) is 97.9 cm³/mol. The summed E-state index contributed by atoms with van der Waals surface area (Å²) in [4.78, 5) is 12.0. The molecule has 4 rings (SSSR count). The Kier molecular flexibility index (Phi) is 4.35. The van der Waals surface area contributed by atoms with E-state index in [9.17, 15) is 15.0 Å². The molecule has 0 radical (unpaired) electrons. The second-order valence-electron chi connectivity index (χ2n) is 10.4. The van der Waals surface area contributed by atoms with E-state index in [4.69, 9.17) is 0 Å². The van der Waals surface area contributed by atoms with Crippen molar-refractivity contribution in [2.24, 2.45) is 46.3 Å². The summed E-state index contributed by atoms with van der Waals surface area (Å²) in [5.74, 6) is 3.33. The smallest absolute Gasteiger partial charge is 0.133 e. The number of Topliss-reactive ketones (excluding diaryl/α,β-unsaturated/α-hetero) is 1. The van der Waals surface area contributed by atoms with E-state index in [1.165, 1.54) is 25.7 Å². The van der Waals surface area contributed by atoms with Gasteiger partial charge in [0.25, 0.3) is 0 Å². The number of aliphatic hydroxyl groups excluding tert-OH is 2. The summed E-state index contributed by atoms with van der Waals surface area (Å²) >= 11 is 0. The van der Waals surface area contributed by atoms with Crippen molar-refractivity contribution < 1.29 is 15.0 Å². The molecule has 0 heterocycles. The first kappa shape index (κ1) is 18.0. The molecule has 9 atom stereocenters. The highest BCUT2D eigenvalue weighted by atomic mass is 16.3. The van der Waals surface area contributed by atoms with Crippen LogP contribution in [-0.2, 0) is 4.79 Å². The van der Waals surface area contributed by atoms with Gasteiger partial charge < -0.3 is 10.2 Å². The summed E-state index contributed by atoms with van der Waals surface area (Å²) in [6, 6.07) is 0. The third-order valence-electron chi connectivity index (χ3n) is 9.55. The molecule has 0 saturated heterocycles. The predicted octanol–water partition coefficient (Wildman–Crippen LogP) is 3.81. The van der Waals surface area contributed by atoms with Crippen LogP contribution in [-0.4, -0.2) is 28.7 Å². The van der Waals surface area contributed by atoms with Gasteiger partial charge in [-0.15, -0.1) is 0 Å². The molecule has 0 bridgehead atoms. The van der Waals surface area contributed by atoms with E-state index in [1.54, 1.807) is 0 Å². The number of carbonyl (C=O) groups is 1. The fraction of sp³-hybridized carbons (Fsp3) is 0.955. The maximum absolute atomic E-state index is 12.0. The molecule has 0 aromatic heterocycles. The van der Waals surface area contributed by atoms with Gasteiger partial charge in [-0.2, -0.15) is 0 Å². The first-order valence-corrected chi connectivity index (χ1v) is 10.6. The highest BCUT2D eigenvalue weighted by Crippen LogP contribution is 2.67. The molecule has 4 aliphatic rings. The second kappa shape index (κ2) is 6.05. The fourth-order valence-electron chi connectivity index (χ4n) is 8.12. The van der Waals surface area contributed by atoms with Crippen LogP contribution in [0.1, 0.15) is 72.1 Å². The minimum Gasteiger partial charge on any atom is -0.396 e. The van der Waals surface area contributed by atoms with Crippen LogP contribution >= 0.6 is 0 Å². The maximum Gasteiger partial charge on any atom is 0.133 e. The van der Waals surface area contributed by atoms with Crippen LogP contribution in [0.5, 0.6) is 0 Å². The molecule has 0 amide bonds. The van der Waals surface area contributed by atoms with Crippen molar-refractivity contribution >= 4 is 5.78 Å². The molecule has 25 heavy (non-hydrogen) atoms. The lowest BCUT2D eigenvalue weighted by atomic mass is 9.44. The molecule has 3 unspecified atom stereocenters. The van der Waals surface area contributed by atoms with Crippen molar-refractivity contribution in [2.75, 3.05) is 6.61 Å². The van der Waals surface area contributed by atoms with Crippen molar-refractivity contribution in [1.29, 1.82) is 0 Å². The van der Waals surface area contributed by atoms with Crippen molar-refractivity contribution in [3.8, 4) is 0 Å². The Balaban J connectivity index is 1.64. The SMILES string of the molecule is CC(CO)[C@H]1CC[C@H]2[C@@H]3C(O)CC4CC(=O)CC[C@]4(C)[C@H]3CC[C@]12C. The fourth-order valence-corrected chi connectivity index (χ4v) is 8.12. The first-order valence-electron chi connectivity index (χ1n) is 10.6. The molecule has 2 N–H and O–H groups in total. The minimum atomic E-state index is -0.234. The van der Waals surface area contributed by atoms with E-state index in [2.05, 4.69) is 20.8 Å². The lowest BCUT2D eigenvalue weighted by molar-refractivity contribution is -0.169. The Bertz CT molecular complexity index is 545. The Morgan fingerprint density at radius 1 is 1.12 bits per heavy atom. The zero-order chi connectivity index (χ0) is 18.0. The van der Waals surface area contributed by atoms with Gasteiger partial charge in [-0.25, -0.2) is 0 Å². The molecule has 3 nitrogen and oxygen atoms in total. The van der Waals surface area contributed by atoms with E-state index in [0.29, 0.717) is 47.7 Å². The van der Waals surface area contributed by atoms with Crippen LogP contribution in [0.15, 0.2) is 0 Å². The normalized spacial score (nSPS) is 53.7. The molecule has 0 aliphatic heterocycles. The number of carbonyl (C=O) groups excluding carboxylic acids is 1. The first-order chi connectivity index (χ1) is 11.8. The van der Waals surface area contributed by atoms with Crippen molar-refractivity contribution in [3.05, 3.63) is 0 Å². The third kappa shape index (κ3) is 2.48. The Morgan fingerprint density at radius 3 is 2.56 bits per heavy atom. The number of ketones is 1. The molecule has 4 aliphatic carbocycles. The van der Waals surface area contributed by atoms with Gasteiger partial charge in [0.15, 0.2) is 0 Å². The van der Waals surface area contributed by atoms with E-state index in [0.717, 1.165) is 19.3 Å². The Morgan fingerprint density at radius 2 is 1.84 bits per heavy atom. The summed E-state index contributed by atoms with van der Waals surface area (Å²) in [6.45, 7) is 7.36. The van der Waals surface area contributed by atoms with Crippen LogP contribution in [0, 0.1) is 46.3 Å². The van der Waals surface area contributed by atoms with Gasteiger partial charge >= 0.3 is 0 Å². The quantitative estimate of drug-likeness (QED) is 0.798. The standard InChI is InChI=1S/C22H36O3/c1-13(12-23)16-4-5-17-20-18(7-9-22(16,17)3)21(2)8-6-15(24)10-14(21)11-19(20)25/h13-14,16-20,23,25H,4-12H2,1-3H3/t13?,14?,16-,17+,18+,19?,20+,21+,22-/m1/s1. The van der Waals surface area contributed by atoms with Crippen LogP contribution < -0.4 is 0 Å². The summed E-state index contributed by atoms with van der Waals surface area (Å²) < 4.78 is 0. The van der Waals surface area contributed by atoms with Crippen molar-refractivity contribution in [1.82, 2.24) is 0 Å². The highest BCUT2D eigenvalue weighted by molar-refractivity contribution is 5.79. The summed E-state index contributed by atoms with van der Waals surface area (Å²) in [6.07, 6.45) is 7.92. The Hall–Kier alpha value is -0.410. The van der Waals surface area contributed by atoms with Gasteiger partial charge in [-0.05, 0) is 84.9 Å². The zero-order valence-electron chi connectivity index (χ0n) is 16.2. The van der Waals surface area contributed by atoms with Crippen molar-refractivity contribution in [3.63, 3.8) is 0 Å². The number of rotatable bonds is 2. The van der Waals surface area contributed by atoms with Gasteiger partial charge in [0.2, 0.25) is 0 Å². The molecule has 0 aromatic rings. The Labute approximate surface area is 152 Å². The number of hydrogen-bond acceptors (Lipinski definition) is 3. The van der Waals surface area contributed by atoms with Crippen LogP contribution in [0.2, 0.25) is 0 Å². The molecule has 142 valence electrons. The van der Waals surface area contributed by atoms with E-state index in [-0.39, 0.29) is 23.5 Å². The molecule has 4 fully saturated rings.